The van der Waals surface area contributed by atoms with Crippen molar-refractivity contribution in [2.75, 3.05) is 11.7 Å². The van der Waals surface area contributed by atoms with Gasteiger partial charge in [-0.15, -0.1) is 0 Å². The fourth-order valence-corrected chi connectivity index (χ4v) is 4.89. The van der Waals surface area contributed by atoms with E-state index in [0.29, 0.717) is 5.11 Å². The number of rotatable bonds is 4. The highest BCUT2D eigenvalue weighted by atomic mass is 32.1. The monoisotopic (exact) mass is 454 g/mol. The number of pyridine rings is 1. The number of aromatic nitrogens is 2. The molecule has 0 amide bonds. The van der Waals surface area contributed by atoms with Gasteiger partial charge in [0.15, 0.2) is 16.6 Å². The Balaban J connectivity index is 1.50. The van der Waals surface area contributed by atoms with E-state index in [9.17, 15) is 0 Å². The lowest BCUT2D eigenvalue weighted by atomic mass is 10.0. The summed E-state index contributed by atoms with van der Waals surface area (Å²) in [6.07, 6.45) is 3.91. The van der Waals surface area contributed by atoms with Crippen molar-refractivity contribution in [3.05, 3.63) is 102 Å². The summed E-state index contributed by atoms with van der Waals surface area (Å²) in [5.41, 5.74) is 5.31. The SMILES string of the molecule is Cc1ccc(-n2cccc2[C@@H]2[C@H](c3ccccn3)NC(=S)N2c2ccc3c(c2)OCO3)cc1. The molecule has 6 nitrogen and oxygen atoms in total. The first kappa shape index (κ1) is 19.8. The Morgan fingerprint density at radius 1 is 0.939 bits per heavy atom. The Kier molecular flexibility index (Phi) is 4.77. The van der Waals surface area contributed by atoms with Gasteiger partial charge in [0, 0.05) is 35.5 Å². The summed E-state index contributed by atoms with van der Waals surface area (Å²) in [5, 5.41) is 4.17. The van der Waals surface area contributed by atoms with Gasteiger partial charge in [-0.05, 0) is 67.7 Å². The van der Waals surface area contributed by atoms with Gasteiger partial charge in [-0.25, -0.2) is 0 Å². The number of fused-ring (bicyclic) bond motifs is 1. The topological polar surface area (TPSA) is 51.6 Å². The average Bonchev–Trinajstić information content (AvgIpc) is 3.57. The zero-order valence-corrected chi connectivity index (χ0v) is 18.8. The van der Waals surface area contributed by atoms with Gasteiger partial charge in [0.2, 0.25) is 6.79 Å². The Morgan fingerprint density at radius 2 is 1.76 bits per heavy atom. The predicted molar refractivity (Wildman–Crippen MR) is 131 cm³/mol. The Bertz CT molecular complexity index is 1320. The second kappa shape index (κ2) is 7.94. The molecule has 1 fully saturated rings. The maximum atomic E-state index is 5.86. The third kappa shape index (κ3) is 3.41. The van der Waals surface area contributed by atoms with E-state index < -0.39 is 0 Å². The van der Waals surface area contributed by atoms with Crippen LogP contribution in [0.15, 0.2) is 85.2 Å². The summed E-state index contributed by atoms with van der Waals surface area (Å²) in [6.45, 7) is 2.33. The number of benzene rings is 2. The first-order valence-electron chi connectivity index (χ1n) is 10.8. The highest BCUT2D eigenvalue weighted by Crippen LogP contribution is 2.44. The first-order valence-corrected chi connectivity index (χ1v) is 11.2. The van der Waals surface area contributed by atoms with Crippen LogP contribution in [0.4, 0.5) is 5.69 Å². The number of hydrogen-bond donors (Lipinski definition) is 1. The van der Waals surface area contributed by atoms with Crippen LogP contribution in [-0.4, -0.2) is 21.5 Å². The van der Waals surface area contributed by atoms with Crippen LogP contribution in [0.3, 0.4) is 0 Å². The number of thiocarbonyl (C=S) groups is 1. The molecule has 0 spiro atoms. The van der Waals surface area contributed by atoms with Gasteiger partial charge in [0.1, 0.15) is 6.04 Å². The van der Waals surface area contributed by atoms with Crippen molar-refractivity contribution in [3.63, 3.8) is 0 Å². The van der Waals surface area contributed by atoms with Gasteiger partial charge in [-0.2, -0.15) is 0 Å². The molecule has 0 saturated carbocycles. The Hall–Kier alpha value is -3.84. The molecule has 2 aliphatic heterocycles. The van der Waals surface area contributed by atoms with Crippen molar-refractivity contribution in [2.45, 2.75) is 19.0 Å². The van der Waals surface area contributed by atoms with Gasteiger partial charge >= 0.3 is 0 Å². The van der Waals surface area contributed by atoms with Crippen LogP contribution in [0.2, 0.25) is 0 Å². The summed E-state index contributed by atoms with van der Waals surface area (Å²) in [6, 6.07) is 24.4. The van der Waals surface area contributed by atoms with E-state index in [-0.39, 0.29) is 18.9 Å². The van der Waals surface area contributed by atoms with Crippen LogP contribution < -0.4 is 19.7 Å². The highest BCUT2D eigenvalue weighted by Gasteiger charge is 2.42. The predicted octanol–water partition coefficient (Wildman–Crippen LogP) is 5.09. The van der Waals surface area contributed by atoms with Crippen molar-refractivity contribution in [3.8, 4) is 17.2 Å². The molecule has 4 aromatic rings. The maximum Gasteiger partial charge on any atom is 0.231 e. The molecule has 2 aromatic carbocycles. The summed E-state index contributed by atoms with van der Waals surface area (Å²) < 4.78 is 13.4. The highest BCUT2D eigenvalue weighted by molar-refractivity contribution is 7.80. The second-order valence-electron chi connectivity index (χ2n) is 8.17. The number of nitrogens with zero attached hydrogens (tertiary/aromatic N) is 3. The molecular formula is C26H22N4O2S. The molecule has 0 aliphatic carbocycles. The molecule has 2 aromatic heterocycles. The van der Waals surface area contributed by atoms with E-state index in [1.165, 1.54) is 5.56 Å². The van der Waals surface area contributed by atoms with Gasteiger partial charge < -0.3 is 24.3 Å². The van der Waals surface area contributed by atoms with Gasteiger partial charge in [0.05, 0.1) is 11.7 Å². The van der Waals surface area contributed by atoms with Crippen molar-refractivity contribution < 1.29 is 9.47 Å². The molecular weight excluding hydrogens is 432 g/mol. The first-order chi connectivity index (χ1) is 16.2. The molecule has 6 rings (SSSR count). The smallest absolute Gasteiger partial charge is 0.231 e. The van der Waals surface area contributed by atoms with Crippen LogP contribution in [0.25, 0.3) is 5.69 Å². The fraction of sp³-hybridized carbons (Fsp3) is 0.154. The van der Waals surface area contributed by atoms with Gasteiger partial charge in [0.25, 0.3) is 0 Å². The van der Waals surface area contributed by atoms with E-state index in [2.05, 4.69) is 69.3 Å². The molecule has 1 N–H and O–H groups in total. The minimum absolute atomic E-state index is 0.121. The molecule has 33 heavy (non-hydrogen) atoms. The van der Waals surface area contributed by atoms with Crippen molar-refractivity contribution in [2.24, 2.45) is 0 Å². The third-order valence-corrected chi connectivity index (χ3v) is 6.44. The van der Waals surface area contributed by atoms with Crippen molar-refractivity contribution >= 4 is 23.0 Å². The van der Waals surface area contributed by atoms with Gasteiger partial charge in [-0.1, -0.05) is 23.8 Å². The molecule has 0 unspecified atom stereocenters. The molecule has 164 valence electrons. The number of anilines is 1. The Labute approximate surface area is 197 Å². The largest absolute Gasteiger partial charge is 0.454 e. The third-order valence-electron chi connectivity index (χ3n) is 6.13. The number of nitrogens with one attached hydrogen (secondary N) is 1. The molecule has 7 heteroatoms. The van der Waals surface area contributed by atoms with Crippen molar-refractivity contribution in [1.29, 1.82) is 0 Å². The maximum absolute atomic E-state index is 5.86. The lowest BCUT2D eigenvalue weighted by molar-refractivity contribution is 0.174. The van der Waals surface area contributed by atoms with E-state index >= 15 is 0 Å². The van der Waals surface area contributed by atoms with Crippen molar-refractivity contribution in [1.82, 2.24) is 14.9 Å². The van der Waals surface area contributed by atoms with E-state index in [4.69, 9.17) is 21.7 Å². The number of hydrogen-bond acceptors (Lipinski definition) is 4. The van der Waals surface area contributed by atoms with E-state index in [0.717, 1.165) is 34.3 Å². The number of ether oxygens (including phenoxy) is 2. The zero-order chi connectivity index (χ0) is 22.4. The second-order valence-corrected chi connectivity index (χ2v) is 8.56. The minimum atomic E-state index is -0.122. The average molecular weight is 455 g/mol. The normalized spacial score (nSPS) is 19.1. The molecule has 0 bridgehead atoms. The standard InChI is InChI=1S/C26H22N4O2S/c1-17-7-9-18(10-8-17)29-14-4-6-21(29)25-24(20-5-2-3-13-27-20)28-26(33)30(25)19-11-12-22-23(15-19)32-16-31-22/h2-15,24-25H,16H2,1H3,(H,28,33)/t24-,25+/m0/s1. The van der Waals surface area contributed by atoms with Crippen LogP contribution in [0.5, 0.6) is 11.5 Å². The summed E-state index contributed by atoms with van der Waals surface area (Å²) in [5.74, 6) is 1.47. The fourth-order valence-electron chi connectivity index (χ4n) is 4.54. The van der Waals surface area contributed by atoms with Gasteiger partial charge in [-0.3, -0.25) is 4.98 Å². The zero-order valence-electron chi connectivity index (χ0n) is 18.0. The Morgan fingerprint density at radius 3 is 2.58 bits per heavy atom. The van der Waals surface area contributed by atoms with E-state index in [1.54, 1.807) is 0 Å². The van der Waals surface area contributed by atoms with Crippen LogP contribution in [-0.2, 0) is 0 Å². The summed E-state index contributed by atoms with van der Waals surface area (Å²) >= 11 is 5.86. The molecule has 4 heterocycles. The lowest BCUT2D eigenvalue weighted by Gasteiger charge is -2.29. The molecule has 0 radical (unpaired) electrons. The van der Waals surface area contributed by atoms with Crippen LogP contribution in [0, 0.1) is 6.92 Å². The molecule has 1 saturated heterocycles. The number of aryl methyl sites for hydroxylation is 1. The minimum Gasteiger partial charge on any atom is -0.454 e. The van der Waals surface area contributed by atoms with Crippen LogP contribution in [0.1, 0.15) is 29.0 Å². The molecule has 2 aliphatic rings. The molecule has 2 atom stereocenters. The summed E-state index contributed by atoms with van der Waals surface area (Å²) in [4.78, 5) is 6.80. The lowest BCUT2D eigenvalue weighted by Crippen LogP contribution is -2.30. The summed E-state index contributed by atoms with van der Waals surface area (Å²) in [7, 11) is 0. The van der Waals surface area contributed by atoms with E-state index in [1.807, 2.05) is 42.6 Å². The quantitative estimate of drug-likeness (QED) is 0.434. The van der Waals surface area contributed by atoms with Crippen LogP contribution >= 0.6 is 12.2 Å².